The van der Waals surface area contributed by atoms with Crippen LogP contribution in [0.5, 0.6) is 0 Å². The predicted molar refractivity (Wildman–Crippen MR) is 135 cm³/mol. The third kappa shape index (κ3) is 4.57. The van der Waals surface area contributed by atoms with E-state index in [0.717, 1.165) is 11.6 Å². The molecule has 0 fully saturated rings. The van der Waals surface area contributed by atoms with Crippen molar-refractivity contribution in [2.75, 3.05) is 10.8 Å². The second-order valence-corrected chi connectivity index (χ2v) is 10.8. The number of sulfonamides is 1. The number of halogens is 4. The van der Waals surface area contributed by atoms with E-state index in [1.807, 2.05) is 6.07 Å². The van der Waals surface area contributed by atoms with Crippen molar-refractivity contribution in [1.82, 2.24) is 9.30 Å². The number of anilines is 1. The van der Waals surface area contributed by atoms with Gasteiger partial charge in [-0.25, -0.2) is 22.6 Å². The average Bonchev–Trinajstić information content (AvgIpc) is 2.91. The molecule has 39 heavy (non-hydrogen) atoms. The molecule has 14 heteroatoms. The number of hydrogen-bond acceptors (Lipinski definition) is 6. The normalized spacial score (nSPS) is 13.8. The van der Waals surface area contributed by atoms with Crippen molar-refractivity contribution in [2.24, 2.45) is 0 Å². The van der Waals surface area contributed by atoms with Crippen molar-refractivity contribution in [2.45, 2.75) is 23.9 Å². The summed E-state index contributed by atoms with van der Waals surface area (Å²) in [5.74, 6) is -2.66. The Balaban J connectivity index is 1.72. The molecular formula is C25H18ClF3N4O5S. The molecular weight excluding hydrogens is 561 g/mol. The number of nitrogens with one attached hydrogen (secondary N) is 1. The molecule has 3 aromatic carbocycles. The molecule has 1 aliphatic heterocycles. The van der Waals surface area contributed by atoms with Gasteiger partial charge in [0.25, 0.3) is 10.0 Å². The number of hydrogen-bond donors (Lipinski definition) is 1. The maximum absolute atomic E-state index is 13.7. The Labute approximate surface area is 223 Å². The first kappa shape index (κ1) is 26.5. The van der Waals surface area contributed by atoms with E-state index in [1.54, 1.807) is 18.2 Å². The Morgan fingerprint density at radius 2 is 1.69 bits per heavy atom. The molecule has 1 aromatic heterocycles. The summed E-state index contributed by atoms with van der Waals surface area (Å²) >= 11 is 6.32. The van der Waals surface area contributed by atoms with Crippen molar-refractivity contribution in [3.05, 3.63) is 93.3 Å². The van der Waals surface area contributed by atoms with Gasteiger partial charge in [-0.1, -0.05) is 41.9 Å². The minimum Gasteiger partial charge on any atom is -0.323 e. The molecule has 4 aromatic rings. The minimum atomic E-state index is -5.42. The highest BCUT2D eigenvalue weighted by Crippen LogP contribution is 2.33. The number of aryl methyl sites for hydroxylation is 1. The molecule has 1 aliphatic rings. The summed E-state index contributed by atoms with van der Waals surface area (Å²) in [6.07, 6.45) is -4.15. The zero-order chi connectivity index (χ0) is 28.1. The molecule has 2 heterocycles. The van der Waals surface area contributed by atoms with Gasteiger partial charge in [-0.2, -0.15) is 13.2 Å². The third-order valence-corrected chi connectivity index (χ3v) is 8.32. The van der Waals surface area contributed by atoms with E-state index in [4.69, 9.17) is 17.0 Å². The summed E-state index contributed by atoms with van der Waals surface area (Å²) in [6, 6.07) is 15.9. The summed E-state index contributed by atoms with van der Waals surface area (Å²) in [7, 11) is -4.18. The Kier molecular flexibility index (Phi) is 6.51. The SMILES string of the molecule is N=c1c2ccccc2n(OC(=O)C(F)(F)F)c(=O)n1-c1cc(S(=O)(=O)N2CCCc3ccccc32)ccc1Cl. The van der Waals surface area contributed by atoms with Crippen LogP contribution < -0.4 is 20.3 Å². The van der Waals surface area contributed by atoms with Gasteiger partial charge in [-0.3, -0.25) is 9.71 Å². The largest absolute Gasteiger partial charge is 0.493 e. The molecule has 5 rings (SSSR count). The van der Waals surface area contributed by atoms with Gasteiger partial charge in [0.1, 0.15) is 5.49 Å². The minimum absolute atomic E-state index is 0.0682. The van der Waals surface area contributed by atoms with Crippen LogP contribution in [0.15, 0.2) is 76.4 Å². The van der Waals surface area contributed by atoms with E-state index in [0.29, 0.717) is 23.1 Å². The Morgan fingerprint density at radius 3 is 2.44 bits per heavy atom. The fourth-order valence-corrected chi connectivity index (χ4v) is 6.17. The third-order valence-electron chi connectivity index (χ3n) is 6.19. The van der Waals surface area contributed by atoms with Gasteiger partial charge in [0.15, 0.2) is 0 Å². The van der Waals surface area contributed by atoms with Crippen molar-refractivity contribution in [3.63, 3.8) is 0 Å². The van der Waals surface area contributed by atoms with Crippen LogP contribution in [0.4, 0.5) is 18.9 Å². The highest BCUT2D eigenvalue weighted by molar-refractivity contribution is 7.92. The lowest BCUT2D eigenvalue weighted by Gasteiger charge is -2.30. The van der Waals surface area contributed by atoms with Gasteiger partial charge in [-0.05, 0) is 54.8 Å². The fourth-order valence-electron chi connectivity index (χ4n) is 4.41. The summed E-state index contributed by atoms with van der Waals surface area (Å²) < 4.78 is 68.2. The van der Waals surface area contributed by atoms with Crippen LogP contribution in [0.2, 0.25) is 5.02 Å². The first-order valence-electron chi connectivity index (χ1n) is 11.4. The number of alkyl halides is 3. The highest BCUT2D eigenvalue weighted by Gasteiger charge is 2.42. The van der Waals surface area contributed by atoms with Crippen LogP contribution in [0.3, 0.4) is 0 Å². The van der Waals surface area contributed by atoms with E-state index in [1.165, 1.54) is 40.7 Å². The number of benzene rings is 3. The molecule has 0 bridgehead atoms. The molecule has 202 valence electrons. The van der Waals surface area contributed by atoms with Crippen LogP contribution in [-0.2, 0) is 21.2 Å². The summed E-state index contributed by atoms with van der Waals surface area (Å²) in [6.45, 7) is 0.199. The van der Waals surface area contributed by atoms with Gasteiger partial charge >= 0.3 is 17.8 Å². The lowest BCUT2D eigenvalue weighted by Crippen LogP contribution is -2.45. The molecule has 1 N–H and O–H groups in total. The van der Waals surface area contributed by atoms with Crippen molar-refractivity contribution in [3.8, 4) is 5.69 Å². The molecule has 0 unspecified atom stereocenters. The Hall–Kier alpha value is -4.10. The van der Waals surface area contributed by atoms with E-state index < -0.39 is 33.3 Å². The number of carbonyl (C=O) groups is 1. The summed E-state index contributed by atoms with van der Waals surface area (Å²) in [5, 5.41) is 8.36. The van der Waals surface area contributed by atoms with Gasteiger partial charge in [-0.15, -0.1) is 4.73 Å². The van der Waals surface area contributed by atoms with E-state index >= 15 is 0 Å². The second-order valence-electron chi connectivity index (χ2n) is 8.58. The quantitative estimate of drug-likeness (QED) is 0.398. The molecule has 0 aliphatic carbocycles. The zero-order valence-corrected chi connectivity index (χ0v) is 21.3. The number of rotatable bonds is 4. The predicted octanol–water partition coefficient (Wildman–Crippen LogP) is 3.58. The van der Waals surface area contributed by atoms with Gasteiger partial charge in [0, 0.05) is 11.9 Å². The van der Waals surface area contributed by atoms with Crippen molar-refractivity contribution < 1.29 is 31.2 Å². The molecule has 0 saturated carbocycles. The standard InChI is InChI=1S/C25H18ClF3N4O5S/c26-18-12-11-16(39(36,37)31-13-5-7-15-6-1-3-9-19(15)31)14-21(18)32-22(30)17-8-2-4-10-20(17)33(24(32)35)38-23(34)25(27,28)29/h1-4,6,8-12,14,30H,5,7,13H2. The van der Waals surface area contributed by atoms with Crippen LogP contribution in [0.1, 0.15) is 12.0 Å². The molecule has 0 radical (unpaired) electrons. The first-order valence-corrected chi connectivity index (χ1v) is 13.2. The highest BCUT2D eigenvalue weighted by atomic mass is 35.5. The van der Waals surface area contributed by atoms with E-state index in [2.05, 4.69) is 4.84 Å². The number of aromatic nitrogens is 2. The molecule has 0 amide bonds. The van der Waals surface area contributed by atoms with Crippen LogP contribution in [0, 0.1) is 5.41 Å². The maximum atomic E-state index is 13.7. The fraction of sp³-hybridized carbons (Fsp3) is 0.160. The smallest absolute Gasteiger partial charge is 0.323 e. The Bertz CT molecular complexity index is 1870. The van der Waals surface area contributed by atoms with Crippen LogP contribution in [0.25, 0.3) is 16.6 Å². The molecule has 0 spiro atoms. The summed E-state index contributed by atoms with van der Waals surface area (Å²) in [4.78, 5) is 29.1. The number of carbonyl (C=O) groups excluding carboxylic acids is 1. The van der Waals surface area contributed by atoms with Crippen molar-refractivity contribution >= 4 is 44.2 Å². The summed E-state index contributed by atoms with van der Waals surface area (Å²) in [5.41, 5.74) is -1.15. The topological polar surface area (TPSA) is 114 Å². The van der Waals surface area contributed by atoms with Crippen LogP contribution >= 0.6 is 11.6 Å². The van der Waals surface area contributed by atoms with Gasteiger partial charge < -0.3 is 4.84 Å². The molecule has 9 nitrogen and oxygen atoms in total. The van der Waals surface area contributed by atoms with Gasteiger partial charge in [0.2, 0.25) is 0 Å². The number of para-hydroxylation sites is 2. The van der Waals surface area contributed by atoms with Gasteiger partial charge in [0.05, 0.1) is 26.8 Å². The average molecular weight is 579 g/mol. The second kappa shape index (κ2) is 9.58. The maximum Gasteiger partial charge on any atom is 0.493 e. The van der Waals surface area contributed by atoms with Crippen LogP contribution in [-0.4, -0.2) is 36.4 Å². The van der Waals surface area contributed by atoms with E-state index in [-0.39, 0.29) is 37.8 Å². The number of nitrogens with zero attached hydrogens (tertiary/aromatic N) is 3. The monoisotopic (exact) mass is 578 g/mol. The number of fused-ring (bicyclic) bond motifs is 2. The molecule has 0 atom stereocenters. The first-order chi connectivity index (χ1) is 18.4. The lowest BCUT2D eigenvalue weighted by atomic mass is 10.0. The zero-order valence-electron chi connectivity index (χ0n) is 19.8. The van der Waals surface area contributed by atoms with Crippen molar-refractivity contribution in [1.29, 1.82) is 5.41 Å². The van der Waals surface area contributed by atoms with E-state index in [9.17, 15) is 31.2 Å². The Morgan fingerprint density at radius 1 is 1.00 bits per heavy atom. The lowest BCUT2D eigenvalue weighted by molar-refractivity contribution is -0.199. The molecule has 0 saturated heterocycles.